The molecule has 2 aromatic rings. The van der Waals surface area contributed by atoms with Gasteiger partial charge in [0, 0.05) is 49.7 Å². The Labute approximate surface area is 161 Å². The number of hydrogen-bond acceptors (Lipinski definition) is 5. The molecule has 0 saturated carbocycles. The van der Waals surface area contributed by atoms with Crippen LogP contribution < -0.4 is 18.8 Å². The van der Waals surface area contributed by atoms with Crippen molar-refractivity contribution >= 4 is 33.2 Å². The van der Waals surface area contributed by atoms with Gasteiger partial charge in [-0.1, -0.05) is 12.1 Å². The molecule has 0 radical (unpaired) electrons. The summed E-state index contributed by atoms with van der Waals surface area (Å²) in [4.78, 5) is 2.08. The number of rotatable bonds is 6. The summed E-state index contributed by atoms with van der Waals surface area (Å²) in [5.41, 5.74) is 0.778. The van der Waals surface area contributed by atoms with Crippen molar-refractivity contribution in [2.24, 2.45) is 0 Å². The van der Waals surface area contributed by atoms with Crippen LogP contribution in [0, 0.1) is 0 Å². The number of anilines is 2. The minimum absolute atomic E-state index is 0.00222. The molecule has 1 saturated heterocycles. The normalized spacial score (nSPS) is 15.0. The lowest BCUT2D eigenvalue weighted by atomic mass is 10.2. The topological polar surface area (TPSA) is 61.9 Å². The van der Waals surface area contributed by atoms with Gasteiger partial charge in [0.15, 0.2) is 0 Å². The number of ether oxygens (including phenoxy) is 1. The highest BCUT2D eigenvalue weighted by Gasteiger charge is 2.25. The van der Waals surface area contributed by atoms with Gasteiger partial charge < -0.3 is 15.0 Å². The van der Waals surface area contributed by atoms with Crippen LogP contribution >= 0.6 is 11.8 Å². The Morgan fingerprint density at radius 1 is 1.11 bits per heavy atom. The van der Waals surface area contributed by atoms with E-state index in [1.165, 1.54) is 24.3 Å². The van der Waals surface area contributed by atoms with Crippen LogP contribution in [-0.2, 0) is 10.0 Å². The second-order valence-electron chi connectivity index (χ2n) is 5.83. The van der Waals surface area contributed by atoms with Crippen molar-refractivity contribution in [2.45, 2.75) is 11.5 Å². The minimum Gasteiger partial charge on any atom is -0.435 e. The number of benzene rings is 2. The first kappa shape index (κ1) is 19.7. The predicted octanol–water partition coefficient (Wildman–Crippen LogP) is 3.05. The summed E-state index contributed by atoms with van der Waals surface area (Å²) < 4.78 is 55.3. The molecular formula is C17H18ClF2N3O3S. The third-order valence-electron chi connectivity index (χ3n) is 4.05. The van der Waals surface area contributed by atoms with Crippen LogP contribution in [0.15, 0.2) is 53.4 Å². The van der Waals surface area contributed by atoms with Crippen LogP contribution in [0.1, 0.15) is 0 Å². The highest BCUT2D eigenvalue weighted by Crippen LogP contribution is 2.30. The van der Waals surface area contributed by atoms with E-state index in [1.807, 2.05) is 6.07 Å². The van der Waals surface area contributed by atoms with Crippen LogP contribution in [0.3, 0.4) is 0 Å². The Hall–Kier alpha value is -2.10. The Morgan fingerprint density at radius 3 is 2.52 bits per heavy atom. The van der Waals surface area contributed by atoms with E-state index < -0.39 is 16.6 Å². The zero-order valence-corrected chi connectivity index (χ0v) is 15.8. The van der Waals surface area contributed by atoms with E-state index in [4.69, 9.17) is 11.8 Å². The van der Waals surface area contributed by atoms with Gasteiger partial charge in [-0.3, -0.25) is 0 Å². The average molecular weight is 418 g/mol. The number of sulfonamides is 1. The van der Waals surface area contributed by atoms with Gasteiger partial charge in [-0.2, -0.15) is 21.0 Å². The van der Waals surface area contributed by atoms with Crippen LogP contribution in [-0.4, -0.2) is 41.2 Å². The molecule has 0 amide bonds. The number of hydrogen-bond donors (Lipinski definition) is 1. The summed E-state index contributed by atoms with van der Waals surface area (Å²) in [6, 6.07) is 11.7. The van der Waals surface area contributed by atoms with Crippen LogP contribution in [0.4, 0.5) is 20.2 Å². The second kappa shape index (κ2) is 8.28. The highest BCUT2D eigenvalue weighted by molar-refractivity contribution is 7.94. The number of alkyl halides is 2. The third-order valence-corrected chi connectivity index (χ3v) is 6.28. The Kier molecular flexibility index (Phi) is 6.03. The molecule has 1 N–H and O–H groups in total. The van der Waals surface area contributed by atoms with E-state index >= 15 is 0 Å². The zero-order chi connectivity index (χ0) is 19.4. The molecule has 0 spiro atoms. The highest BCUT2D eigenvalue weighted by atomic mass is 35.5. The zero-order valence-electron chi connectivity index (χ0n) is 14.2. The number of halogens is 3. The fourth-order valence-electron chi connectivity index (χ4n) is 2.76. The summed E-state index contributed by atoms with van der Waals surface area (Å²) in [6.45, 7) is 0.143. The molecular weight excluding hydrogens is 400 g/mol. The summed E-state index contributed by atoms with van der Waals surface area (Å²) in [7, 11) is -4.09. The molecule has 0 unspecified atom stereocenters. The Morgan fingerprint density at radius 2 is 1.81 bits per heavy atom. The number of nitrogens with one attached hydrogen (secondary N) is 1. The van der Waals surface area contributed by atoms with Gasteiger partial charge in [0.1, 0.15) is 5.75 Å². The van der Waals surface area contributed by atoms with Crippen molar-refractivity contribution in [2.75, 3.05) is 34.9 Å². The average Bonchev–Trinajstić information content (AvgIpc) is 2.68. The third kappa shape index (κ3) is 4.60. The van der Waals surface area contributed by atoms with Gasteiger partial charge in [-0.25, -0.2) is 0 Å². The van der Waals surface area contributed by atoms with Crippen molar-refractivity contribution in [3.05, 3.63) is 48.5 Å². The van der Waals surface area contributed by atoms with E-state index in [0.717, 1.165) is 37.9 Å². The lowest BCUT2D eigenvalue weighted by Gasteiger charge is -2.29. The first-order chi connectivity index (χ1) is 12.9. The molecule has 10 heteroatoms. The van der Waals surface area contributed by atoms with Gasteiger partial charge in [-0.15, -0.1) is 0 Å². The van der Waals surface area contributed by atoms with Crippen molar-refractivity contribution in [1.82, 2.24) is 5.32 Å². The molecule has 2 aromatic carbocycles. The molecule has 1 fully saturated rings. The fourth-order valence-corrected chi connectivity index (χ4v) is 4.20. The summed E-state index contributed by atoms with van der Waals surface area (Å²) >= 11 is 6.06. The van der Waals surface area contributed by atoms with E-state index in [9.17, 15) is 17.2 Å². The standard InChI is InChI=1S/C17H18ClF2N3O3S/c18-23(14-4-1-5-15(11-14)26-17(19)20)27(24,25)16-6-2-3-13(12-16)22-9-7-21-8-10-22/h1-6,11-12,17,21H,7-10H2. The second-order valence-corrected chi connectivity index (χ2v) is 8.16. The lowest BCUT2D eigenvalue weighted by molar-refractivity contribution is -0.0498. The fraction of sp³-hybridized carbons (Fsp3) is 0.294. The van der Waals surface area contributed by atoms with Crippen molar-refractivity contribution in [3.8, 4) is 5.75 Å². The Balaban J connectivity index is 1.87. The molecule has 0 atom stereocenters. The monoisotopic (exact) mass is 417 g/mol. The van der Waals surface area contributed by atoms with Gasteiger partial charge in [0.25, 0.3) is 10.0 Å². The van der Waals surface area contributed by atoms with Crippen molar-refractivity contribution in [1.29, 1.82) is 0 Å². The van der Waals surface area contributed by atoms with Crippen LogP contribution in [0.2, 0.25) is 0 Å². The van der Waals surface area contributed by atoms with Gasteiger partial charge in [0.2, 0.25) is 0 Å². The van der Waals surface area contributed by atoms with Crippen molar-refractivity contribution < 1.29 is 21.9 Å². The summed E-state index contributed by atoms with van der Waals surface area (Å²) in [5.74, 6) is -0.182. The Bertz CT molecular complexity index is 892. The molecule has 0 aromatic heterocycles. The van der Waals surface area contributed by atoms with Crippen LogP contribution in [0.5, 0.6) is 5.75 Å². The summed E-state index contributed by atoms with van der Waals surface area (Å²) in [6.07, 6.45) is 0. The molecule has 1 heterocycles. The molecule has 146 valence electrons. The van der Waals surface area contributed by atoms with Gasteiger partial charge >= 0.3 is 6.61 Å². The predicted molar refractivity (Wildman–Crippen MR) is 100 cm³/mol. The summed E-state index contributed by atoms with van der Waals surface area (Å²) in [5, 5.41) is 3.23. The molecule has 0 bridgehead atoms. The quantitative estimate of drug-likeness (QED) is 0.732. The van der Waals surface area contributed by atoms with E-state index in [0.29, 0.717) is 3.82 Å². The molecule has 3 rings (SSSR count). The smallest absolute Gasteiger partial charge is 0.387 e. The largest absolute Gasteiger partial charge is 0.435 e. The molecule has 6 nitrogen and oxygen atoms in total. The number of piperazine rings is 1. The minimum atomic E-state index is -4.09. The molecule has 1 aliphatic heterocycles. The molecule has 27 heavy (non-hydrogen) atoms. The molecule has 1 aliphatic rings. The maximum atomic E-state index is 12.9. The first-order valence-corrected chi connectivity index (χ1v) is 9.97. The number of nitrogens with zero attached hydrogens (tertiary/aromatic N) is 2. The van der Waals surface area contributed by atoms with Crippen LogP contribution in [0.25, 0.3) is 0 Å². The lowest BCUT2D eigenvalue weighted by Crippen LogP contribution is -2.43. The molecule has 0 aliphatic carbocycles. The van der Waals surface area contributed by atoms with Crippen molar-refractivity contribution in [3.63, 3.8) is 0 Å². The SMILES string of the molecule is O=S(=O)(c1cccc(N2CCNCC2)c1)N(Cl)c1cccc(OC(F)F)c1. The van der Waals surface area contributed by atoms with Gasteiger partial charge in [0.05, 0.1) is 10.6 Å². The van der Waals surface area contributed by atoms with E-state index in [1.54, 1.807) is 12.1 Å². The maximum absolute atomic E-state index is 12.9. The first-order valence-electron chi connectivity index (χ1n) is 8.19. The van der Waals surface area contributed by atoms with Gasteiger partial charge in [-0.05, 0) is 30.3 Å². The van der Waals surface area contributed by atoms with E-state index in [-0.39, 0.29) is 16.3 Å². The maximum Gasteiger partial charge on any atom is 0.387 e. The van der Waals surface area contributed by atoms with E-state index in [2.05, 4.69) is 15.0 Å².